The monoisotopic (exact) mass is 280 g/mol. The Bertz CT molecular complexity index is 494. The lowest BCUT2D eigenvalue weighted by molar-refractivity contribution is 0.0283. The van der Waals surface area contributed by atoms with Gasteiger partial charge in [0.2, 0.25) is 0 Å². The smallest absolute Gasteiger partial charge is 0.410 e. The highest BCUT2D eigenvalue weighted by Crippen LogP contribution is 2.11. The van der Waals surface area contributed by atoms with Gasteiger partial charge in [-0.15, -0.1) is 0 Å². The predicted octanol–water partition coefficient (Wildman–Crippen LogP) is 2.24. The molecule has 1 heterocycles. The highest BCUT2D eigenvalue weighted by Gasteiger charge is 2.20. The summed E-state index contributed by atoms with van der Waals surface area (Å²) in [5.41, 5.74) is 0.434. The number of rotatable bonds is 3. The molecule has 0 fully saturated rings. The first-order valence-electron chi connectivity index (χ1n) is 6.20. The number of methoxy groups -OCH3 is 1. The Balaban J connectivity index is 2.73. The molecule has 0 spiro atoms. The van der Waals surface area contributed by atoms with Gasteiger partial charge in [0.05, 0.1) is 24.9 Å². The minimum Gasteiger partial charge on any atom is -0.465 e. The second-order valence-corrected chi connectivity index (χ2v) is 5.36. The van der Waals surface area contributed by atoms with E-state index in [1.54, 1.807) is 40.0 Å². The van der Waals surface area contributed by atoms with Crippen LogP contribution in [0.15, 0.2) is 18.3 Å². The fourth-order valence-corrected chi connectivity index (χ4v) is 1.46. The number of nitrogens with zero attached hydrogens (tertiary/aromatic N) is 2. The minimum atomic E-state index is -0.549. The molecule has 0 saturated heterocycles. The second kappa shape index (κ2) is 6.36. The van der Waals surface area contributed by atoms with Gasteiger partial charge in [-0.25, -0.2) is 9.59 Å². The summed E-state index contributed by atoms with van der Waals surface area (Å²) in [5, 5.41) is 0. The Morgan fingerprint density at radius 2 is 2.00 bits per heavy atom. The van der Waals surface area contributed by atoms with E-state index in [0.717, 1.165) is 0 Å². The minimum absolute atomic E-state index is 0.250. The highest BCUT2D eigenvalue weighted by atomic mass is 16.6. The van der Waals surface area contributed by atoms with E-state index in [2.05, 4.69) is 9.72 Å². The number of hydrogen-bond donors (Lipinski definition) is 0. The third-order valence-electron chi connectivity index (χ3n) is 2.34. The number of pyridine rings is 1. The van der Waals surface area contributed by atoms with E-state index >= 15 is 0 Å². The number of aromatic nitrogens is 1. The molecule has 1 rings (SSSR count). The van der Waals surface area contributed by atoms with Gasteiger partial charge < -0.3 is 14.4 Å². The Labute approximate surface area is 118 Å². The van der Waals surface area contributed by atoms with Crippen molar-refractivity contribution in [2.45, 2.75) is 32.9 Å². The molecule has 0 aromatic carbocycles. The van der Waals surface area contributed by atoms with Crippen LogP contribution >= 0.6 is 0 Å². The van der Waals surface area contributed by atoms with Gasteiger partial charge in [-0.3, -0.25) is 4.98 Å². The summed E-state index contributed by atoms with van der Waals surface area (Å²) in [5.74, 6) is -0.437. The van der Waals surface area contributed by atoms with Crippen molar-refractivity contribution in [2.75, 3.05) is 14.2 Å². The van der Waals surface area contributed by atoms with Crippen molar-refractivity contribution in [2.24, 2.45) is 0 Å². The van der Waals surface area contributed by atoms with Gasteiger partial charge >= 0.3 is 12.1 Å². The van der Waals surface area contributed by atoms with Crippen LogP contribution < -0.4 is 0 Å². The summed E-state index contributed by atoms with van der Waals surface area (Å²) in [7, 11) is 2.93. The van der Waals surface area contributed by atoms with Crippen molar-refractivity contribution < 1.29 is 19.1 Å². The molecule has 1 aromatic heterocycles. The molecular weight excluding hydrogens is 260 g/mol. The maximum absolute atomic E-state index is 11.8. The molecule has 6 nitrogen and oxygen atoms in total. The van der Waals surface area contributed by atoms with Crippen LogP contribution in [0.1, 0.15) is 36.8 Å². The largest absolute Gasteiger partial charge is 0.465 e. The normalized spacial score (nSPS) is 10.8. The van der Waals surface area contributed by atoms with Gasteiger partial charge in [0.15, 0.2) is 0 Å². The van der Waals surface area contributed by atoms with Crippen LogP contribution in [-0.2, 0) is 16.0 Å². The molecule has 20 heavy (non-hydrogen) atoms. The summed E-state index contributed by atoms with van der Waals surface area (Å²) < 4.78 is 9.88. The van der Waals surface area contributed by atoms with E-state index < -0.39 is 17.7 Å². The lowest BCUT2D eigenvalue weighted by atomic mass is 10.2. The zero-order chi connectivity index (χ0) is 15.3. The van der Waals surface area contributed by atoms with Crippen LogP contribution in [-0.4, -0.2) is 41.7 Å². The molecule has 110 valence electrons. The van der Waals surface area contributed by atoms with Crippen molar-refractivity contribution in [1.29, 1.82) is 0 Å². The van der Waals surface area contributed by atoms with E-state index in [1.165, 1.54) is 18.2 Å². The quantitative estimate of drug-likeness (QED) is 0.794. The highest BCUT2D eigenvalue weighted by molar-refractivity contribution is 5.89. The van der Waals surface area contributed by atoms with E-state index in [-0.39, 0.29) is 6.54 Å². The van der Waals surface area contributed by atoms with Crippen molar-refractivity contribution in [3.8, 4) is 0 Å². The maximum Gasteiger partial charge on any atom is 0.410 e. The average molecular weight is 280 g/mol. The van der Waals surface area contributed by atoms with Crippen molar-refractivity contribution in [3.63, 3.8) is 0 Å². The lowest BCUT2D eigenvalue weighted by Gasteiger charge is -2.24. The van der Waals surface area contributed by atoms with Crippen LogP contribution in [0.4, 0.5) is 4.79 Å². The van der Waals surface area contributed by atoms with Crippen molar-refractivity contribution >= 4 is 12.1 Å². The van der Waals surface area contributed by atoms with E-state index in [4.69, 9.17) is 4.74 Å². The SMILES string of the molecule is COC(=O)c1ccnc(CN(C)C(=O)OC(C)(C)C)c1. The van der Waals surface area contributed by atoms with Gasteiger partial charge in [-0.1, -0.05) is 0 Å². The summed E-state index contributed by atoms with van der Waals surface area (Å²) in [6.45, 7) is 5.65. The second-order valence-electron chi connectivity index (χ2n) is 5.36. The maximum atomic E-state index is 11.8. The summed E-state index contributed by atoms with van der Waals surface area (Å²) in [6, 6.07) is 3.15. The van der Waals surface area contributed by atoms with Gasteiger partial charge in [0, 0.05) is 13.2 Å². The Morgan fingerprint density at radius 1 is 1.35 bits per heavy atom. The summed E-state index contributed by atoms with van der Waals surface area (Å²) >= 11 is 0. The predicted molar refractivity (Wildman–Crippen MR) is 73.3 cm³/mol. The van der Waals surface area contributed by atoms with Gasteiger partial charge in [-0.2, -0.15) is 0 Å². The third kappa shape index (κ3) is 4.87. The fraction of sp³-hybridized carbons (Fsp3) is 0.500. The van der Waals surface area contributed by atoms with E-state index in [0.29, 0.717) is 11.3 Å². The number of esters is 1. The molecule has 0 aliphatic heterocycles. The molecule has 0 atom stereocenters. The van der Waals surface area contributed by atoms with Gasteiger partial charge in [0.1, 0.15) is 5.60 Å². The molecule has 1 aromatic rings. The van der Waals surface area contributed by atoms with Crippen LogP contribution in [0.2, 0.25) is 0 Å². The third-order valence-corrected chi connectivity index (χ3v) is 2.34. The molecule has 0 unspecified atom stereocenters. The summed E-state index contributed by atoms with van der Waals surface area (Å²) in [6.07, 6.45) is 1.06. The molecule has 0 bridgehead atoms. The number of ether oxygens (including phenoxy) is 2. The molecule has 0 aliphatic carbocycles. The zero-order valence-corrected chi connectivity index (χ0v) is 12.5. The van der Waals surface area contributed by atoms with Crippen molar-refractivity contribution in [1.82, 2.24) is 9.88 Å². The van der Waals surface area contributed by atoms with Crippen LogP contribution in [0.5, 0.6) is 0 Å². The first-order valence-corrected chi connectivity index (χ1v) is 6.20. The van der Waals surface area contributed by atoms with Gasteiger partial charge in [0.25, 0.3) is 0 Å². The van der Waals surface area contributed by atoms with Crippen molar-refractivity contribution in [3.05, 3.63) is 29.6 Å². The lowest BCUT2D eigenvalue weighted by Crippen LogP contribution is -2.34. The number of amides is 1. The Hall–Kier alpha value is -2.11. The first-order chi connectivity index (χ1) is 9.23. The fourth-order valence-electron chi connectivity index (χ4n) is 1.46. The Morgan fingerprint density at radius 3 is 2.55 bits per heavy atom. The number of carbonyl (C=O) groups excluding carboxylic acids is 2. The molecule has 0 saturated carbocycles. The van der Waals surface area contributed by atoms with E-state index in [1.807, 2.05) is 0 Å². The molecule has 6 heteroatoms. The zero-order valence-electron chi connectivity index (χ0n) is 12.5. The molecular formula is C14H20N2O4. The standard InChI is InChI=1S/C14H20N2O4/c1-14(2,3)20-13(18)16(4)9-11-8-10(6-7-15-11)12(17)19-5/h6-8H,9H2,1-5H3. The average Bonchev–Trinajstić information content (AvgIpc) is 2.36. The first kappa shape index (κ1) is 15.9. The molecule has 0 radical (unpaired) electrons. The summed E-state index contributed by atoms with van der Waals surface area (Å²) in [4.78, 5) is 28.8. The van der Waals surface area contributed by atoms with Gasteiger partial charge in [-0.05, 0) is 32.9 Å². The molecule has 0 N–H and O–H groups in total. The Kier molecular flexibility index (Phi) is 5.07. The topological polar surface area (TPSA) is 68.7 Å². The van der Waals surface area contributed by atoms with Crippen LogP contribution in [0.25, 0.3) is 0 Å². The van der Waals surface area contributed by atoms with Crippen LogP contribution in [0.3, 0.4) is 0 Å². The van der Waals surface area contributed by atoms with E-state index in [9.17, 15) is 9.59 Å². The number of carbonyl (C=O) groups is 2. The molecule has 1 amide bonds. The number of hydrogen-bond acceptors (Lipinski definition) is 5. The van der Waals surface area contributed by atoms with Crippen LogP contribution in [0, 0.1) is 0 Å². The molecule has 0 aliphatic rings.